The molecule has 27 heavy (non-hydrogen) atoms. The summed E-state index contributed by atoms with van der Waals surface area (Å²) in [5.74, 6) is 1.51. The lowest BCUT2D eigenvalue weighted by Crippen LogP contribution is -2.46. The van der Waals surface area contributed by atoms with E-state index in [-0.39, 0.29) is 4.90 Å². The zero-order chi connectivity index (χ0) is 19.3. The summed E-state index contributed by atoms with van der Waals surface area (Å²) in [5, 5.41) is 0. The van der Waals surface area contributed by atoms with Gasteiger partial charge in [0.1, 0.15) is 11.6 Å². The van der Waals surface area contributed by atoms with Gasteiger partial charge in [0.15, 0.2) is 0 Å². The molecule has 2 heterocycles. The Morgan fingerprint density at radius 2 is 1.74 bits per heavy atom. The molecule has 1 aromatic heterocycles. The number of hydrogen-bond acceptors (Lipinski definition) is 6. The van der Waals surface area contributed by atoms with Crippen molar-refractivity contribution in [2.24, 2.45) is 0 Å². The Labute approximate surface area is 161 Å². The van der Waals surface area contributed by atoms with Crippen molar-refractivity contribution in [2.75, 3.05) is 49.0 Å². The molecule has 146 valence electrons. The van der Waals surface area contributed by atoms with Crippen LogP contribution in [0, 0.1) is 0 Å². The van der Waals surface area contributed by atoms with E-state index in [1.54, 1.807) is 24.4 Å². The molecule has 0 radical (unpaired) electrons. The fourth-order valence-electron chi connectivity index (χ4n) is 3.02. The molecular formula is C19H26N4O3S. The molecule has 0 saturated carbocycles. The largest absolute Gasteiger partial charge is 0.494 e. The van der Waals surface area contributed by atoms with Crippen molar-refractivity contribution in [3.63, 3.8) is 0 Å². The fraction of sp³-hybridized carbons (Fsp3) is 0.421. The molecule has 0 atom stereocenters. The highest BCUT2D eigenvalue weighted by Gasteiger charge is 2.18. The molecule has 7 nitrogen and oxygen atoms in total. The van der Waals surface area contributed by atoms with Gasteiger partial charge in [0.2, 0.25) is 0 Å². The lowest BCUT2D eigenvalue weighted by atomic mass is 10.3. The molecule has 3 rings (SSSR count). The van der Waals surface area contributed by atoms with Gasteiger partial charge in [-0.1, -0.05) is 6.92 Å². The minimum atomic E-state index is -3.66. The molecule has 2 aromatic rings. The number of anilines is 2. The molecule has 1 aromatic carbocycles. The van der Waals surface area contributed by atoms with E-state index in [9.17, 15) is 8.42 Å². The fourth-order valence-corrected chi connectivity index (χ4v) is 4.07. The van der Waals surface area contributed by atoms with Crippen molar-refractivity contribution >= 4 is 21.5 Å². The van der Waals surface area contributed by atoms with Gasteiger partial charge < -0.3 is 14.5 Å². The molecule has 1 fully saturated rings. The van der Waals surface area contributed by atoms with Crippen LogP contribution in [-0.4, -0.2) is 57.6 Å². The number of sulfonamides is 1. The van der Waals surface area contributed by atoms with Crippen molar-refractivity contribution < 1.29 is 13.2 Å². The Balaban J connectivity index is 1.65. The number of pyridine rings is 1. The maximum Gasteiger partial charge on any atom is 0.261 e. The molecule has 0 bridgehead atoms. The van der Waals surface area contributed by atoms with Crippen LogP contribution < -0.4 is 14.4 Å². The first-order valence-electron chi connectivity index (χ1n) is 9.21. The summed E-state index contributed by atoms with van der Waals surface area (Å²) in [7, 11) is -3.66. The Morgan fingerprint density at radius 3 is 2.30 bits per heavy atom. The van der Waals surface area contributed by atoms with Crippen molar-refractivity contribution in [1.82, 2.24) is 9.88 Å². The van der Waals surface area contributed by atoms with Crippen molar-refractivity contribution in [3.8, 4) is 5.75 Å². The zero-order valence-corrected chi connectivity index (χ0v) is 16.6. The maximum absolute atomic E-state index is 12.5. The summed E-state index contributed by atoms with van der Waals surface area (Å²) in [4.78, 5) is 9.23. The van der Waals surface area contributed by atoms with Crippen LogP contribution in [0.3, 0.4) is 0 Å². The summed E-state index contributed by atoms with van der Waals surface area (Å²) in [6.45, 7) is 9.54. The van der Waals surface area contributed by atoms with E-state index in [0.29, 0.717) is 18.0 Å². The van der Waals surface area contributed by atoms with Gasteiger partial charge in [-0.2, -0.15) is 0 Å². The summed E-state index contributed by atoms with van der Waals surface area (Å²) in [6.07, 6.45) is 1.56. The first-order valence-corrected chi connectivity index (χ1v) is 10.7. The predicted molar refractivity (Wildman–Crippen MR) is 107 cm³/mol. The third-order valence-corrected chi connectivity index (χ3v) is 5.99. The van der Waals surface area contributed by atoms with Crippen LogP contribution in [0.1, 0.15) is 13.8 Å². The number of rotatable bonds is 7. The number of likely N-dealkylation sites (N-methyl/N-ethyl adjacent to an activating group) is 1. The number of nitrogens with one attached hydrogen (secondary N) is 1. The van der Waals surface area contributed by atoms with E-state index >= 15 is 0 Å². The Hall–Kier alpha value is -2.32. The van der Waals surface area contributed by atoms with Gasteiger partial charge >= 0.3 is 0 Å². The zero-order valence-electron chi connectivity index (χ0n) is 15.8. The van der Waals surface area contributed by atoms with Gasteiger partial charge in [-0.25, -0.2) is 13.4 Å². The van der Waals surface area contributed by atoms with Crippen LogP contribution in [0.5, 0.6) is 5.75 Å². The van der Waals surface area contributed by atoms with Crippen LogP contribution in [0.2, 0.25) is 0 Å². The normalized spacial score (nSPS) is 15.6. The van der Waals surface area contributed by atoms with E-state index in [4.69, 9.17) is 4.74 Å². The lowest BCUT2D eigenvalue weighted by molar-refractivity contribution is 0.270. The summed E-state index contributed by atoms with van der Waals surface area (Å²) in [5.41, 5.74) is 0.444. The van der Waals surface area contributed by atoms with E-state index < -0.39 is 10.0 Å². The van der Waals surface area contributed by atoms with E-state index in [2.05, 4.69) is 26.4 Å². The molecule has 1 aliphatic heterocycles. The second-order valence-electron chi connectivity index (χ2n) is 6.34. The Kier molecular flexibility index (Phi) is 6.18. The number of hydrogen-bond donors (Lipinski definition) is 1. The van der Waals surface area contributed by atoms with E-state index in [1.165, 1.54) is 12.1 Å². The number of piperazine rings is 1. The van der Waals surface area contributed by atoms with Gasteiger partial charge in [-0.05, 0) is 49.9 Å². The molecule has 1 N–H and O–H groups in total. The Bertz CT molecular complexity index is 830. The van der Waals surface area contributed by atoms with Crippen LogP contribution in [-0.2, 0) is 10.0 Å². The monoisotopic (exact) mass is 390 g/mol. The van der Waals surface area contributed by atoms with E-state index in [1.807, 2.05) is 13.0 Å². The molecule has 1 saturated heterocycles. The molecule has 1 aliphatic rings. The standard InChI is InChI=1S/C19H26N4O3S/c1-3-22-11-13-23(14-12-22)19-10-5-16(15-20-19)21-27(24,25)18-8-6-17(7-9-18)26-4-2/h5-10,15,21H,3-4,11-14H2,1-2H3. The smallest absolute Gasteiger partial charge is 0.261 e. The van der Waals surface area contributed by atoms with Crippen LogP contribution in [0.4, 0.5) is 11.5 Å². The highest BCUT2D eigenvalue weighted by Crippen LogP contribution is 2.21. The molecule has 8 heteroatoms. The Morgan fingerprint density at radius 1 is 1.04 bits per heavy atom. The highest BCUT2D eigenvalue weighted by molar-refractivity contribution is 7.92. The van der Waals surface area contributed by atoms with Gasteiger partial charge in [0.25, 0.3) is 10.0 Å². The van der Waals surface area contributed by atoms with Crippen molar-refractivity contribution in [2.45, 2.75) is 18.7 Å². The van der Waals surface area contributed by atoms with Crippen LogP contribution in [0.15, 0.2) is 47.5 Å². The summed E-state index contributed by atoms with van der Waals surface area (Å²) >= 11 is 0. The first-order chi connectivity index (χ1) is 13.0. The molecular weight excluding hydrogens is 364 g/mol. The lowest BCUT2D eigenvalue weighted by Gasteiger charge is -2.34. The topological polar surface area (TPSA) is 74.8 Å². The average Bonchev–Trinajstić information content (AvgIpc) is 2.69. The minimum Gasteiger partial charge on any atom is -0.494 e. The van der Waals surface area contributed by atoms with Gasteiger partial charge in [-0.15, -0.1) is 0 Å². The predicted octanol–water partition coefficient (Wildman–Crippen LogP) is 2.42. The second-order valence-corrected chi connectivity index (χ2v) is 8.02. The molecule has 0 amide bonds. The molecule has 0 aliphatic carbocycles. The molecule has 0 spiro atoms. The third-order valence-electron chi connectivity index (χ3n) is 4.59. The highest BCUT2D eigenvalue weighted by atomic mass is 32.2. The summed E-state index contributed by atoms with van der Waals surface area (Å²) in [6, 6.07) is 9.97. The third kappa shape index (κ3) is 4.90. The van der Waals surface area contributed by atoms with Crippen molar-refractivity contribution in [3.05, 3.63) is 42.6 Å². The number of nitrogens with zero attached hydrogens (tertiary/aromatic N) is 3. The van der Waals surface area contributed by atoms with Gasteiger partial charge in [0, 0.05) is 26.2 Å². The van der Waals surface area contributed by atoms with Crippen molar-refractivity contribution in [1.29, 1.82) is 0 Å². The average molecular weight is 391 g/mol. The van der Waals surface area contributed by atoms with E-state index in [0.717, 1.165) is 38.5 Å². The summed E-state index contributed by atoms with van der Waals surface area (Å²) < 4.78 is 33.0. The number of benzene rings is 1. The second kappa shape index (κ2) is 8.58. The molecule has 0 unspecified atom stereocenters. The number of aromatic nitrogens is 1. The SMILES string of the molecule is CCOc1ccc(S(=O)(=O)Nc2ccc(N3CCN(CC)CC3)nc2)cc1. The van der Waals surface area contributed by atoms with Gasteiger partial charge in [0.05, 0.1) is 23.4 Å². The number of ether oxygens (including phenoxy) is 1. The quantitative estimate of drug-likeness (QED) is 0.783. The maximum atomic E-state index is 12.5. The van der Waals surface area contributed by atoms with Crippen LogP contribution in [0.25, 0.3) is 0 Å². The minimum absolute atomic E-state index is 0.186. The van der Waals surface area contributed by atoms with Gasteiger partial charge in [-0.3, -0.25) is 4.72 Å². The van der Waals surface area contributed by atoms with Crippen LogP contribution >= 0.6 is 0 Å². The first kappa shape index (κ1) is 19.4.